The maximum Gasteiger partial charge on any atom is 0.227 e. The highest BCUT2D eigenvalue weighted by Gasteiger charge is 2.31. The Morgan fingerprint density at radius 1 is 1.47 bits per heavy atom. The maximum atomic E-state index is 11.8. The standard InChI is InChI=1S/C11H9N3O2S/c15-6-8-2-4-11(16)14(8)7-1-3-9-10(5-7)17-13-12-9/h1,3,5-6,8H,2,4H2/t8-/m1/s1. The number of rotatable bonds is 2. The van der Waals surface area contributed by atoms with Gasteiger partial charge in [-0.05, 0) is 36.2 Å². The van der Waals surface area contributed by atoms with Crippen molar-refractivity contribution in [2.24, 2.45) is 0 Å². The van der Waals surface area contributed by atoms with Crippen molar-refractivity contribution < 1.29 is 9.59 Å². The summed E-state index contributed by atoms with van der Waals surface area (Å²) in [5.41, 5.74) is 1.57. The Balaban J connectivity index is 2.07. The van der Waals surface area contributed by atoms with Crippen LogP contribution in [0.2, 0.25) is 0 Å². The van der Waals surface area contributed by atoms with Crippen LogP contribution in [0.4, 0.5) is 5.69 Å². The molecule has 1 aromatic carbocycles. The first-order valence-electron chi connectivity index (χ1n) is 5.29. The number of aldehydes is 1. The molecule has 86 valence electrons. The summed E-state index contributed by atoms with van der Waals surface area (Å²) in [6.45, 7) is 0. The Morgan fingerprint density at radius 3 is 3.18 bits per heavy atom. The second-order valence-corrected chi connectivity index (χ2v) is 4.72. The van der Waals surface area contributed by atoms with Crippen molar-refractivity contribution in [2.75, 3.05) is 4.90 Å². The molecule has 17 heavy (non-hydrogen) atoms. The van der Waals surface area contributed by atoms with Gasteiger partial charge in [0.15, 0.2) is 0 Å². The highest BCUT2D eigenvalue weighted by Crippen LogP contribution is 2.29. The van der Waals surface area contributed by atoms with Gasteiger partial charge >= 0.3 is 0 Å². The van der Waals surface area contributed by atoms with Crippen LogP contribution in [0.5, 0.6) is 0 Å². The van der Waals surface area contributed by atoms with E-state index in [-0.39, 0.29) is 11.9 Å². The van der Waals surface area contributed by atoms with Crippen molar-refractivity contribution >= 4 is 39.6 Å². The quantitative estimate of drug-likeness (QED) is 0.752. The van der Waals surface area contributed by atoms with Crippen molar-refractivity contribution in [3.63, 3.8) is 0 Å². The van der Waals surface area contributed by atoms with Crippen LogP contribution in [0.15, 0.2) is 18.2 Å². The Morgan fingerprint density at radius 2 is 2.35 bits per heavy atom. The smallest absolute Gasteiger partial charge is 0.227 e. The Labute approximate surface area is 101 Å². The lowest BCUT2D eigenvalue weighted by atomic mass is 10.2. The second kappa shape index (κ2) is 3.89. The molecular formula is C11H9N3O2S. The third kappa shape index (κ3) is 1.61. The highest BCUT2D eigenvalue weighted by molar-refractivity contribution is 7.12. The van der Waals surface area contributed by atoms with Gasteiger partial charge in [0.05, 0.1) is 10.7 Å². The average molecular weight is 247 g/mol. The number of aromatic nitrogens is 2. The monoisotopic (exact) mass is 247 g/mol. The molecule has 0 aliphatic carbocycles. The molecule has 1 aromatic heterocycles. The predicted molar refractivity (Wildman–Crippen MR) is 64.0 cm³/mol. The molecule has 0 radical (unpaired) electrons. The number of nitrogens with zero attached hydrogens (tertiary/aromatic N) is 3. The lowest BCUT2D eigenvalue weighted by Crippen LogP contribution is -2.33. The number of amides is 1. The van der Waals surface area contributed by atoms with E-state index in [4.69, 9.17) is 0 Å². The van der Waals surface area contributed by atoms with Crippen molar-refractivity contribution in [2.45, 2.75) is 18.9 Å². The number of anilines is 1. The van der Waals surface area contributed by atoms with Gasteiger partial charge in [-0.3, -0.25) is 4.79 Å². The van der Waals surface area contributed by atoms with Crippen LogP contribution in [-0.4, -0.2) is 27.8 Å². The minimum atomic E-state index is -0.333. The zero-order chi connectivity index (χ0) is 11.8. The fourth-order valence-corrected chi connectivity index (χ4v) is 2.68. The molecule has 0 saturated carbocycles. The van der Waals surface area contributed by atoms with Crippen molar-refractivity contribution in [3.05, 3.63) is 18.2 Å². The Hall–Kier alpha value is -1.82. The molecule has 1 aliphatic heterocycles. The van der Waals surface area contributed by atoms with Gasteiger partial charge in [-0.1, -0.05) is 4.49 Å². The lowest BCUT2D eigenvalue weighted by molar-refractivity contribution is -0.118. The van der Waals surface area contributed by atoms with E-state index in [1.54, 1.807) is 4.90 Å². The van der Waals surface area contributed by atoms with Gasteiger partial charge < -0.3 is 9.69 Å². The SMILES string of the molecule is O=C[C@H]1CCC(=O)N1c1ccc2nnsc2c1. The summed E-state index contributed by atoms with van der Waals surface area (Å²) in [5.74, 6) is -0.000996. The van der Waals surface area contributed by atoms with Crippen LogP contribution in [0, 0.1) is 0 Å². The number of carbonyl (C=O) groups is 2. The van der Waals surface area contributed by atoms with Crippen molar-refractivity contribution in [1.82, 2.24) is 9.59 Å². The van der Waals surface area contributed by atoms with Crippen LogP contribution in [0.25, 0.3) is 10.2 Å². The lowest BCUT2D eigenvalue weighted by Gasteiger charge is -2.20. The first-order chi connectivity index (χ1) is 8.29. The van der Waals surface area contributed by atoms with Crippen LogP contribution in [-0.2, 0) is 9.59 Å². The van der Waals surface area contributed by atoms with Gasteiger partial charge in [0.1, 0.15) is 11.8 Å². The van der Waals surface area contributed by atoms with E-state index in [1.807, 2.05) is 18.2 Å². The fraction of sp³-hybridized carbons (Fsp3) is 0.273. The fourth-order valence-electron chi connectivity index (χ4n) is 2.09. The molecule has 1 amide bonds. The molecule has 2 heterocycles. The minimum Gasteiger partial charge on any atom is -0.302 e. The van der Waals surface area contributed by atoms with Gasteiger partial charge in [0.25, 0.3) is 0 Å². The second-order valence-electron chi connectivity index (χ2n) is 3.93. The largest absolute Gasteiger partial charge is 0.302 e. The molecule has 0 spiro atoms. The van der Waals surface area contributed by atoms with Gasteiger partial charge in [0.2, 0.25) is 5.91 Å². The van der Waals surface area contributed by atoms with E-state index in [2.05, 4.69) is 9.59 Å². The molecule has 1 aliphatic rings. The third-order valence-electron chi connectivity index (χ3n) is 2.92. The van der Waals surface area contributed by atoms with Gasteiger partial charge in [-0.15, -0.1) is 5.10 Å². The number of hydrogen-bond acceptors (Lipinski definition) is 5. The van der Waals surface area contributed by atoms with E-state index < -0.39 is 0 Å². The first-order valence-corrected chi connectivity index (χ1v) is 6.06. The summed E-state index contributed by atoms with van der Waals surface area (Å²) in [7, 11) is 0. The van der Waals surface area contributed by atoms with Crippen LogP contribution < -0.4 is 4.90 Å². The van der Waals surface area contributed by atoms with Crippen LogP contribution in [0.3, 0.4) is 0 Å². The highest BCUT2D eigenvalue weighted by atomic mass is 32.1. The normalized spacial score (nSPS) is 20.1. The first kappa shape index (κ1) is 10.3. The number of hydrogen-bond donors (Lipinski definition) is 0. The van der Waals surface area contributed by atoms with E-state index in [9.17, 15) is 9.59 Å². The summed E-state index contributed by atoms with van der Waals surface area (Å²) in [6, 6.07) is 5.16. The molecule has 0 bridgehead atoms. The molecule has 1 atom stereocenters. The summed E-state index contributed by atoms with van der Waals surface area (Å²) in [4.78, 5) is 24.3. The van der Waals surface area contributed by atoms with E-state index in [0.29, 0.717) is 12.8 Å². The van der Waals surface area contributed by atoms with E-state index >= 15 is 0 Å². The van der Waals surface area contributed by atoms with Crippen molar-refractivity contribution in [3.8, 4) is 0 Å². The number of benzene rings is 1. The van der Waals surface area contributed by atoms with Crippen molar-refractivity contribution in [1.29, 1.82) is 0 Å². The molecular weight excluding hydrogens is 238 g/mol. The third-order valence-corrected chi connectivity index (χ3v) is 3.61. The molecule has 3 rings (SSSR count). The molecule has 1 fully saturated rings. The zero-order valence-corrected chi connectivity index (χ0v) is 9.68. The summed E-state index contributed by atoms with van der Waals surface area (Å²) in [6.07, 6.45) is 1.86. The minimum absolute atomic E-state index is 0.000996. The number of fused-ring (bicyclic) bond motifs is 1. The summed E-state index contributed by atoms with van der Waals surface area (Å²) >= 11 is 1.28. The van der Waals surface area contributed by atoms with E-state index in [1.165, 1.54) is 11.5 Å². The van der Waals surface area contributed by atoms with Crippen LogP contribution >= 0.6 is 11.5 Å². The zero-order valence-electron chi connectivity index (χ0n) is 8.87. The molecule has 0 unspecified atom stereocenters. The maximum absolute atomic E-state index is 11.8. The average Bonchev–Trinajstić information content (AvgIpc) is 2.93. The Bertz CT molecular complexity index is 595. The van der Waals surface area contributed by atoms with E-state index in [0.717, 1.165) is 22.2 Å². The predicted octanol–water partition coefficient (Wildman–Crippen LogP) is 1.39. The van der Waals surface area contributed by atoms with Gasteiger partial charge in [-0.25, -0.2) is 0 Å². The Kier molecular flexibility index (Phi) is 2.36. The molecule has 0 N–H and O–H groups in total. The van der Waals surface area contributed by atoms with Gasteiger partial charge in [0, 0.05) is 12.1 Å². The summed E-state index contributed by atoms with van der Waals surface area (Å²) < 4.78 is 4.77. The van der Waals surface area contributed by atoms with Gasteiger partial charge in [-0.2, -0.15) is 0 Å². The topological polar surface area (TPSA) is 63.2 Å². The van der Waals surface area contributed by atoms with Crippen LogP contribution in [0.1, 0.15) is 12.8 Å². The molecule has 6 heteroatoms. The molecule has 1 saturated heterocycles. The molecule has 5 nitrogen and oxygen atoms in total. The number of carbonyl (C=O) groups excluding carboxylic acids is 2. The summed E-state index contributed by atoms with van der Waals surface area (Å²) in [5, 5.41) is 3.94. The molecule has 2 aromatic rings.